The van der Waals surface area contributed by atoms with Crippen molar-refractivity contribution in [3.8, 4) is 10.6 Å². The zero-order chi connectivity index (χ0) is 21.0. The molecular weight excluding hydrogens is 432 g/mol. The first kappa shape index (κ1) is 21.2. The summed E-state index contributed by atoms with van der Waals surface area (Å²) in [5.41, 5.74) is 2.68. The van der Waals surface area contributed by atoms with Gasteiger partial charge in [-0.2, -0.15) is 11.3 Å². The quantitative estimate of drug-likeness (QED) is 0.546. The van der Waals surface area contributed by atoms with E-state index in [1.807, 2.05) is 23.8 Å². The number of hydrogen-bond acceptors (Lipinski definition) is 9. The van der Waals surface area contributed by atoms with Crippen LogP contribution in [0.1, 0.15) is 26.5 Å². The van der Waals surface area contributed by atoms with Gasteiger partial charge in [0.05, 0.1) is 24.8 Å². The molecule has 7 nitrogen and oxygen atoms in total. The molecule has 3 heterocycles. The van der Waals surface area contributed by atoms with Crippen LogP contribution in [0.3, 0.4) is 0 Å². The smallest absolute Gasteiger partial charge is 0.341 e. The van der Waals surface area contributed by atoms with Gasteiger partial charge in [0.2, 0.25) is 0 Å². The third-order valence-electron chi connectivity index (χ3n) is 4.04. The van der Waals surface area contributed by atoms with Gasteiger partial charge >= 0.3 is 11.9 Å². The monoisotopic (exact) mass is 450 g/mol. The normalized spacial score (nSPS) is 10.6. The highest BCUT2D eigenvalue weighted by molar-refractivity contribution is 7.16. The van der Waals surface area contributed by atoms with Crippen LogP contribution in [0.25, 0.3) is 10.6 Å². The van der Waals surface area contributed by atoms with Crippen molar-refractivity contribution in [2.45, 2.75) is 20.3 Å². The van der Waals surface area contributed by atoms with Gasteiger partial charge in [0.25, 0.3) is 5.91 Å². The Morgan fingerprint density at radius 3 is 2.69 bits per heavy atom. The van der Waals surface area contributed by atoms with E-state index in [2.05, 4.69) is 10.3 Å². The predicted octanol–water partition coefficient (Wildman–Crippen LogP) is 4.06. The van der Waals surface area contributed by atoms with Crippen LogP contribution in [0, 0.1) is 13.8 Å². The Morgan fingerprint density at radius 1 is 1.21 bits per heavy atom. The molecule has 0 aliphatic carbocycles. The fourth-order valence-electron chi connectivity index (χ4n) is 2.48. The van der Waals surface area contributed by atoms with Gasteiger partial charge in [-0.05, 0) is 30.9 Å². The number of carbonyl (C=O) groups excluding carboxylic acids is 3. The molecule has 0 aromatic carbocycles. The molecule has 3 aromatic heterocycles. The molecule has 0 unspecified atom stereocenters. The van der Waals surface area contributed by atoms with Crippen LogP contribution in [-0.4, -0.2) is 36.5 Å². The van der Waals surface area contributed by atoms with Gasteiger partial charge in [-0.3, -0.25) is 9.59 Å². The lowest BCUT2D eigenvalue weighted by Gasteiger charge is -2.07. The summed E-state index contributed by atoms with van der Waals surface area (Å²) in [5, 5.41) is 9.59. The van der Waals surface area contributed by atoms with E-state index in [-0.39, 0.29) is 6.42 Å². The molecule has 1 N–H and O–H groups in total. The van der Waals surface area contributed by atoms with Crippen molar-refractivity contribution < 1.29 is 23.9 Å². The molecule has 29 heavy (non-hydrogen) atoms. The van der Waals surface area contributed by atoms with Crippen molar-refractivity contribution in [3.05, 3.63) is 43.9 Å². The van der Waals surface area contributed by atoms with Crippen molar-refractivity contribution in [2.24, 2.45) is 0 Å². The highest BCUT2D eigenvalue weighted by Crippen LogP contribution is 2.33. The van der Waals surface area contributed by atoms with Gasteiger partial charge < -0.3 is 14.8 Å². The molecule has 0 atom stereocenters. The number of rotatable bonds is 7. The highest BCUT2D eigenvalue weighted by Gasteiger charge is 2.22. The number of amides is 1. The second-order valence-electron chi connectivity index (χ2n) is 6.02. The van der Waals surface area contributed by atoms with E-state index in [0.29, 0.717) is 16.3 Å². The number of thiazole rings is 1. The van der Waals surface area contributed by atoms with E-state index in [1.54, 1.807) is 23.6 Å². The lowest BCUT2D eigenvalue weighted by molar-refractivity contribution is -0.146. The van der Waals surface area contributed by atoms with E-state index in [4.69, 9.17) is 9.47 Å². The van der Waals surface area contributed by atoms with Crippen LogP contribution in [0.4, 0.5) is 5.00 Å². The SMILES string of the molecule is COC(=O)c1c(NC(=O)COC(=O)Cc2csc(-c3ccsc3)n2)sc(C)c1C. The summed E-state index contributed by atoms with van der Waals surface area (Å²) < 4.78 is 9.82. The van der Waals surface area contributed by atoms with Crippen molar-refractivity contribution in [1.29, 1.82) is 0 Å². The summed E-state index contributed by atoms with van der Waals surface area (Å²) in [4.78, 5) is 41.5. The minimum Gasteiger partial charge on any atom is -0.465 e. The number of nitrogens with one attached hydrogen (secondary N) is 1. The second kappa shape index (κ2) is 9.29. The van der Waals surface area contributed by atoms with Crippen molar-refractivity contribution in [2.75, 3.05) is 19.0 Å². The van der Waals surface area contributed by atoms with E-state index >= 15 is 0 Å². The Kier molecular flexibility index (Phi) is 6.78. The topological polar surface area (TPSA) is 94.6 Å². The van der Waals surface area contributed by atoms with Gasteiger partial charge in [0.1, 0.15) is 10.0 Å². The minimum atomic E-state index is -0.547. The molecule has 0 saturated heterocycles. The van der Waals surface area contributed by atoms with Gasteiger partial charge in [0.15, 0.2) is 6.61 Å². The molecule has 1 amide bonds. The van der Waals surface area contributed by atoms with Crippen molar-refractivity contribution in [1.82, 2.24) is 4.98 Å². The Labute approximate surface area is 179 Å². The standard InChI is InChI=1S/C19H18N2O5S3/c1-10-11(2)29-18(16(10)19(24)25-3)21-14(22)7-26-15(23)6-13-9-28-17(20-13)12-4-5-27-8-12/h4-5,8-9H,6-7H2,1-3H3,(H,21,22). The van der Waals surface area contributed by atoms with Gasteiger partial charge in [-0.15, -0.1) is 22.7 Å². The van der Waals surface area contributed by atoms with Crippen LogP contribution in [0.15, 0.2) is 22.2 Å². The third-order valence-corrected chi connectivity index (χ3v) is 6.78. The number of anilines is 1. The largest absolute Gasteiger partial charge is 0.465 e. The Bertz CT molecular complexity index is 1040. The minimum absolute atomic E-state index is 0.0153. The van der Waals surface area contributed by atoms with Gasteiger partial charge in [-0.25, -0.2) is 9.78 Å². The lowest BCUT2D eigenvalue weighted by Crippen LogP contribution is -2.22. The molecule has 0 saturated carbocycles. The molecule has 0 spiro atoms. The van der Waals surface area contributed by atoms with Gasteiger partial charge in [-0.1, -0.05) is 0 Å². The summed E-state index contributed by atoms with van der Waals surface area (Å²) in [6, 6.07) is 1.96. The summed E-state index contributed by atoms with van der Waals surface area (Å²) in [7, 11) is 1.28. The van der Waals surface area contributed by atoms with Crippen LogP contribution in [0.5, 0.6) is 0 Å². The van der Waals surface area contributed by atoms with Crippen LogP contribution < -0.4 is 5.32 Å². The van der Waals surface area contributed by atoms with Crippen LogP contribution in [-0.2, 0) is 25.5 Å². The van der Waals surface area contributed by atoms with Gasteiger partial charge in [0, 0.05) is 21.2 Å². The Morgan fingerprint density at radius 2 is 2.00 bits per heavy atom. The van der Waals surface area contributed by atoms with Crippen molar-refractivity contribution in [3.63, 3.8) is 0 Å². The average Bonchev–Trinajstić information content (AvgIpc) is 3.42. The molecule has 10 heteroatoms. The first-order chi connectivity index (χ1) is 13.9. The Balaban J connectivity index is 1.54. The molecule has 0 aliphatic rings. The Hall–Kier alpha value is -2.56. The summed E-state index contributed by atoms with van der Waals surface area (Å²) in [6.45, 7) is 3.18. The summed E-state index contributed by atoms with van der Waals surface area (Å²) in [5.74, 6) is -1.60. The first-order valence-corrected chi connectivity index (χ1v) is 11.1. The van der Waals surface area contributed by atoms with E-state index in [9.17, 15) is 14.4 Å². The maximum Gasteiger partial charge on any atom is 0.341 e. The predicted molar refractivity (Wildman–Crippen MR) is 114 cm³/mol. The number of thiophene rings is 2. The fraction of sp³-hybridized carbons (Fsp3) is 0.263. The van der Waals surface area contributed by atoms with E-state index in [0.717, 1.165) is 21.0 Å². The fourth-order valence-corrected chi connectivity index (χ4v) is 5.07. The molecule has 0 fully saturated rings. The number of ether oxygens (including phenoxy) is 2. The summed E-state index contributed by atoms with van der Waals surface area (Å²) in [6.07, 6.45) is -0.0153. The number of aryl methyl sites for hydroxylation is 1. The van der Waals surface area contributed by atoms with Crippen molar-refractivity contribution >= 4 is 56.9 Å². The highest BCUT2D eigenvalue weighted by atomic mass is 32.1. The average molecular weight is 451 g/mol. The van der Waals surface area contributed by atoms with E-state index < -0.39 is 24.5 Å². The number of esters is 2. The van der Waals surface area contributed by atoms with Crippen LogP contribution in [0.2, 0.25) is 0 Å². The molecular formula is C19H18N2O5S3. The molecule has 3 rings (SSSR count). The molecule has 3 aromatic rings. The number of carbonyl (C=O) groups is 3. The third kappa shape index (κ3) is 5.08. The number of nitrogens with zero attached hydrogens (tertiary/aromatic N) is 1. The molecule has 0 bridgehead atoms. The van der Waals surface area contributed by atoms with E-state index in [1.165, 1.54) is 29.8 Å². The summed E-state index contributed by atoms with van der Waals surface area (Å²) >= 11 is 4.30. The molecule has 0 aliphatic heterocycles. The first-order valence-electron chi connectivity index (χ1n) is 8.49. The second-order valence-corrected chi connectivity index (χ2v) is 8.88. The number of hydrogen-bond donors (Lipinski definition) is 1. The number of methoxy groups -OCH3 is 1. The maximum absolute atomic E-state index is 12.2. The zero-order valence-corrected chi connectivity index (χ0v) is 18.4. The maximum atomic E-state index is 12.2. The zero-order valence-electron chi connectivity index (χ0n) is 15.9. The molecule has 0 radical (unpaired) electrons. The van der Waals surface area contributed by atoms with Crippen LogP contribution >= 0.6 is 34.0 Å². The molecule has 152 valence electrons. The lowest BCUT2D eigenvalue weighted by atomic mass is 10.1. The number of aromatic nitrogens is 1.